The Hall–Kier alpha value is -1.42. The smallest absolute Gasteiger partial charge is 0.317 e. The number of carbonyl (C=O) groups excluding carboxylic acids is 1. The summed E-state index contributed by atoms with van der Waals surface area (Å²) in [5.74, 6) is 0.684. The summed E-state index contributed by atoms with van der Waals surface area (Å²) in [6.45, 7) is 6.89. The Bertz CT molecular complexity index is 420. The zero-order valence-electron chi connectivity index (χ0n) is 12.9. The van der Waals surface area contributed by atoms with Gasteiger partial charge in [0.15, 0.2) is 0 Å². The molecule has 0 atom stereocenters. The predicted octanol–water partition coefficient (Wildman–Crippen LogP) is 3.94. The molecule has 118 valence electrons. The lowest BCUT2D eigenvalue weighted by atomic mass is 10.3. The number of hydrogen-bond donors (Lipinski definition) is 1. The number of carbonyl (C=O) groups is 1. The number of amides is 2. The summed E-state index contributed by atoms with van der Waals surface area (Å²) in [6, 6.07) is 7.40. The number of para-hydroxylation sites is 1. The molecule has 0 unspecified atom stereocenters. The number of ether oxygens (including phenoxy) is 1. The van der Waals surface area contributed by atoms with E-state index in [1.807, 2.05) is 23.1 Å². The van der Waals surface area contributed by atoms with Crippen LogP contribution < -0.4 is 10.1 Å². The third-order valence-corrected chi connectivity index (χ3v) is 3.28. The second-order valence-electron chi connectivity index (χ2n) is 4.85. The van der Waals surface area contributed by atoms with E-state index in [9.17, 15) is 4.79 Å². The van der Waals surface area contributed by atoms with E-state index in [-0.39, 0.29) is 6.03 Å². The molecule has 0 fully saturated rings. The van der Waals surface area contributed by atoms with E-state index in [1.165, 1.54) is 0 Å². The molecule has 1 N–H and O–H groups in total. The molecule has 0 aromatic heterocycles. The Labute approximate surface area is 132 Å². The number of rotatable bonds is 9. The Kier molecular flexibility index (Phi) is 8.67. The highest BCUT2D eigenvalue weighted by atomic mass is 35.5. The van der Waals surface area contributed by atoms with Gasteiger partial charge in [0, 0.05) is 19.6 Å². The Morgan fingerprint density at radius 2 is 1.90 bits per heavy atom. The number of nitrogens with one attached hydrogen (secondary N) is 1. The maximum atomic E-state index is 12.0. The first-order valence-electron chi connectivity index (χ1n) is 7.59. The lowest BCUT2D eigenvalue weighted by molar-refractivity contribution is 0.196. The minimum Gasteiger partial charge on any atom is -0.492 e. The summed E-state index contributed by atoms with van der Waals surface area (Å²) >= 11 is 6.00. The molecule has 0 saturated carbocycles. The van der Waals surface area contributed by atoms with Crippen LogP contribution in [0.4, 0.5) is 4.79 Å². The largest absolute Gasteiger partial charge is 0.492 e. The quantitative estimate of drug-likeness (QED) is 0.702. The van der Waals surface area contributed by atoms with Crippen molar-refractivity contribution in [2.24, 2.45) is 0 Å². The van der Waals surface area contributed by atoms with Gasteiger partial charge >= 0.3 is 6.03 Å². The van der Waals surface area contributed by atoms with Crippen molar-refractivity contribution < 1.29 is 9.53 Å². The Balaban J connectivity index is 2.21. The molecule has 21 heavy (non-hydrogen) atoms. The van der Waals surface area contributed by atoms with E-state index in [0.29, 0.717) is 23.9 Å². The van der Waals surface area contributed by atoms with Gasteiger partial charge in [-0.15, -0.1) is 0 Å². The fraction of sp³-hybridized carbons (Fsp3) is 0.562. The number of hydrogen-bond acceptors (Lipinski definition) is 2. The van der Waals surface area contributed by atoms with Crippen LogP contribution >= 0.6 is 11.6 Å². The number of benzene rings is 1. The highest BCUT2D eigenvalue weighted by molar-refractivity contribution is 6.32. The molecular weight excluding hydrogens is 288 g/mol. The third-order valence-electron chi connectivity index (χ3n) is 2.97. The number of nitrogens with zero attached hydrogens (tertiary/aromatic N) is 1. The van der Waals surface area contributed by atoms with Crippen molar-refractivity contribution in [3.63, 3.8) is 0 Å². The molecule has 5 heteroatoms. The Morgan fingerprint density at radius 1 is 1.24 bits per heavy atom. The van der Waals surface area contributed by atoms with Gasteiger partial charge in [0.05, 0.1) is 11.6 Å². The van der Waals surface area contributed by atoms with Crippen LogP contribution in [0.15, 0.2) is 24.3 Å². The molecule has 0 aliphatic heterocycles. The second kappa shape index (κ2) is 10.3. The monoisotopic (exact) mass is 312 g/mol. The van der Waals surface area contributed by atoms with Crippen LogP contribution in [0.1, 0.15) is 33.1 Å². The highest BCUT2D eigenvalue weighted by Gasteiger charge is 2.10. The van der Waals surface area contributed by atoms with Crippen molar-refractivity contribution >= 4 is 17.6 Å². The van der Waals surface area contributed by atoms with Crippen LogP contribution in [-0.2, 0) is 0 Å². The van der Waals surface area contributed by atoms with Gasteiger partial charge in [0.25, 0.3) is 0 Å². The summed E-state index contributed by atoms with van der Waals surface area (Å²) in [6.07, 6.45) is 2.70. The first-order valence-corrected chi connectivity index (χ1v) is 7.97. The molecule has 2 amide bonds. The maximum Gasteiger partial charge on any atom is 0.317 e. The Morgan fingerprint density at radius 3 is 2.52 bits per heavy atom. The minimum atomic E-state index is 0.0106. The summed E-state index contributed by atoms with van der Waals surface area (Å²) in [7, 11) is 0. The van der Waals surface area contributed by atoms with Crippen molar-refractivity contribution in [1.82, 2.24) is 10.2 Å². The molecule has 0 radical (unpaired) electrons. The molecule has 1 aromatic carbocycles. The van der Waals surface area contributed by atoms with E-state index in [4.69, 9.17) is 16.3 Å². The van der Waals surface area contributed by atoms with Gasteiger partial charge in [-0.25, -0.2) is 4.79 Å². The molecule has 0 spiro atoms. The molecule has 1 rings (SSSR count). The van der Waals surface area contributed by atoms with Crippen LogP contribution in [-0.4, -0.2) is 37.2 Å². The predicted molar refractivity (Wildman–Crippen MR) is 87.1 cm³/mol. The average molecular weight is 313 g/mol. The molecule has 1 aromatic rings. The average Bonchev–Trinajstić information content (AvgIpc) is 2.48. The van der Waals surface area contributed by atoms with Crippen LogP contribution in [0.25, 0.3) is 0 Å². The molecule has 0 bridgehead atoms. The number of urea groups is 1. The molecular formula is C16H25ClN2O2. The van der Waals surface area contributed by atoms with Crippen LogP contribution in [0.5, 0.6) is 5.75 Å². The molecule has 4 nitrogen and oxygen atoms in total. The molecule has 0 aliphatic carbocycles. The van der Waals surface area contributed by atoms with Gasteiger partial charge < -0.3 is 15.0 Å². The summed E-state index contributed by atoms with van der Waals surface area (Å²) in [4.78, 5) is 13.8. The lowest BCUT2D eigenvalue weighted by Gasteiger charge is -2.21. The number of halogens is 1. The zero-order valence-corrected chi connectivity index (χ0v) is 13.7. The topological polar surface area (TPSA) is 41.6 Å². The van der Waals surface area contributed by atoms with Crippen molar-refractivity contribution in [2.75, 3.05) is 26.2 Å². The normalized spacial score (nSPS) is 10.2. The van der Waals surface area contributed by atoms with Crippen LogP contribution in [0.3, 0.4) is 0 Å². The third kappa shape index (κ3) is 6.71. The standard InChI is InChI=1S/C16H25ClN2O2/c1-3-11-19(12-4-2)16(20)18-10-7-13-21-15-9-6-5-8-14(15)17/h5-6,8-9H,3-4,7,10-13H2,1-2H3,(H,18,20). The highest BCUT2D eigenvalue weighted by Crippen LogP contribution is 2.22. The van der Waals surface area contributed by atoms with Gasteiger partial charge in [-0.2, -0.15) is 0 Å². The van der Waals surface area contributed by atoms with Gasteiger partial charge in [0.2, 0.25) is 0 Å². The van der Waals surface area contributed by atoms with Crippen LogP contribution in [0, 0.1) is 0 Å². The fourth-order valence-corrected chi connectivity index (χ4v) is 2.17. The van der Waals surface area contributed by atoms with Crippen molar-refractivity contribution in [1.29, 1.82) is 0 Å². The second-order valence-corrected chi connectivity index (χ2v) is 5.26. The van der Waals surface area contributed by atoms with Crippen molar-refractivity contribution in [3.8, 4) is 5.75 Å². The molecule has 0 saturated heterocycles. The molecule has 0 aliphatic rings. The van der Waals surface area contributed by atoms with E-state index < -0.39 is 0 Å². The van der Waals surface area contributed by atoms with Crippen molar-refractivity contribution in [3.05, 3.63) is 29.3 Å². The molecule has 0 heterocycles. The fourth-order valence-electron chi connectivity index (χ4n) is 1.98. The maximum absolute atomic E-state index is 12.0. The van der Waals surface area contributed by atoms with Crippen molar-refractivity contribution in [2.45, 2.75) is 33.1 Å². The lowest BCUT2D eigenvalue weighted by Crippen LogP contribution is -2.41. The first kappa shape index (κ1) is 17.6. The summed E-state index contributed by atoms with van der Waals surface area (Å²) < 4.78 is 5.58. The summed E-state index contributed by atoms with van der Waals surface area (Å²) in [5.41, 5.74) is 0. The van der Waals surface area contributed by atoms with Crippen LogP contribution in [0.2, 0.25) is 5.02 Å². The summed E-state index contributed by atoms with van der Waals surface area (Å²) in [5, 5.41) is 3.54. The van der Waals surface area contributed by atoms with E-state index in [2.05, 4.69) is 19.2 Å². The van der Waals surface area contributed by atoms with Gasteiger partial charge in [-0.3, -0.25) is 0 Å². The SMILES string of the molecule is CCCN(CCC)C(=O)NCCCOc1ccccc1Cl. The minimum absolute atomic E-state index is 0.0106. The van der Waals surface area contributed by atoms with E-state index in [0.717, 1.165) is 32.4 Å². The van der Waals surface area contributed by atoms with Gasteiger partial charge in [0.1, 0.15) is 5.75 Å². The first-order chi connectivity index (χ1) is 10.2. The van der Waals surface area contributed by atoms with Gasteiger partial charge in [-0.1, -0.05) is 37.6 Å². The van der Waals surface area contributed by atoms with E-state index >= 15 is 0 Å². The van der Waals surface area contributed by atoms with Gasteiger partial charge in [-0.05, 0) is 31.4 Å². The van der Waals surface area contributed by atoms with E-state index in [1.54, 1.807) is 6.07 Å². The zero-order chi connectivity index (χ0) is 15.5.